The second-order valence-electron chi connectivity index (χ2n) is 5.07. The number of thiazole rings is 1. The molecule has 0 radical (unpaired) electrons. The van der Waals surface area contributed by atoms with Gasteiger partial charge in [0.2, 0.25) is 0 Å². The quantitative estimate of drug-likeness (QED) is 0.920. The van der Waals surface area contributed by atoms with Gasteiger partial charge in [-0.15, -0.1) is 11.3 Å². The zero-order chi connectivity index (χ0) is 14.7. The average Bonchev–Trinajstić information content (AvgIpc) is 2.79. The van der Waals surface area contributed by atoms with E-state index in [0.717, 1.165) is 46.1 Å². The van der Waals surface area contributed by atoms with Gasteiger partial charge in [0, 0.05) is 47.3 Å². The van der Waals surface area contributed by atoms with E-state index in [0.29, 0.717) is 0 Å². The zero-order valence-electron chi connectivity index (χ0n) is 12.4. The van der Waals surface area contributed by atoms with Crippen molar-refractivity contribution in [2.75, 3.05) is 7.11 Å². The molecule has 2 rings (SSSR count). The van der Waals surface area contributed by atoms with E-state index in [4.69, 9.17) is 10.5 Å². The minimum Gasteiger partial charge on any atom is -0.496 e. The highest BCUT2D eigenvalue weighted by Gasteiger charge is 2.14. The molecule has 4 nitrogen and oxygen atoms in total. The maximum atomic E-state index is 6.23. The van der Waals surface area contributed by atoms with Crippen LogP contribution in [0.1, 0.15) is 27.5 Å². The number of hydrogen-bond acceptors (Lipinski definition) is 5. The van der Waals surface area contributed by atoms with Crippen LogP contribution in [0.4, 0.5) is 0 Å². The third-order valence-electron chi connectivity index (χ3n) is 3.34. The van der Waals surface area contributed by atoms with Gasteiger partial charge < -0.3 is 10.5 Å². The molecule has 0 bridgehead atoms. The number of methoxy groups -OCH3 is 1. The Bertz CT molecular complexity index is 595. The van der Waals surface area contributed by atoms with E-state index in [2.05, 4.69) is 15.3 Å². The summed E-state index contributed by atoms with van der Waals surface area (Å²) in [6, 6.07) is 0.0233. The normalized spacial score (nSPS) is 12.4. The first-order chi connectivity index (χ1) is 9.51. The lowest BCUT2D eigenvalue weighted by Gasteiger charge is -2.15. The molecule has 0 aromatic carbocycles. The number of ether oxygens (including phenoxy) is 1. The Hall–Kier alpha value is -1.46. The second kappa shape index (κ2) is 6.33. The van der Waals surface area contributed by atoms with Gasteiger partial charge in [0.1, 0.15) is 5.75 Å². The number of pyridine rings is 1. The van der Waals surface area contributed by atoms with E-state index < -0.39 is 0 Å². The molecule has 2 N–H and O–H groups in total. The van der Waals surface area contributed by atoms with E-state index in [1.165, 1.54) is 0 Å². The summed E-state index contributed by atoms with van der Waals surface area (Å²) in [6.45, 7) is 6.05. The topological polar surface area (TPSA) is 61.0 Å². The van der Waals surface area contributed by atoms with E-state index in [1.54, 1.807) is 18.4 Å². The summed E-state index contributed by atoms with van der Waals surface area (Å²) in [5.74, 6) is 0.909. The molecule has 2 heterocycles. The van der Waals surface area contributed by atoms with Gasteiger partial charge in [-0.2, -0.15) is 0 Å². The van der Waals surface area contributed by atoms with E-state index >= 15 is 0 Å². The van der Waals surface area contributed by atoms with Crippen LogP contribution in [0.15, 0.2) is 11.6 Å². The SMILES string of the molecule is COc1c(C)cnc(CC(N)Cc2csc(C)n2)c1C. The van der Waals surface area contributed by atoms with E-state index in [1.807, 2.05) is 27.0 Å². The maximum Gasteiger partial charge on any atom is 0.128 e. The van der Waals surface area contributed by atoms with Gasteiger partial charge in [0.05, 0.1) is 17.8 Å². The predicted molar refractivity (Wildman–Crippen MR) is 82.5 cm³/mol. The van der Waals surface area contributed by atoms with Crippen LogP contribution in [0.3, 0.4) is 0 Å². The van der Waals surface area contributed by atoms with Gasteiger partial charge in [0.25, 0.3) is 0 Å². The monoisotopic (exact) mass is 291 g/mol. The predicted octanol–water partition coefficient (Wildman–Crippen LogP) is 2.58. The molecule has 0 aliphatic heterocycles. The largest absolute Gasteiger partial charge is 0.496 e. The third kappa shape index (κ3) is 3.35. The van der Waals surface area contributed by atoms with Crippen molar-refractivity contribution in [2.24, 2.45) is 5.73 Å². The van der Waals surface area contributed by atoms with E-state index in [9.17, 15) is 0 Å². The van der Waals surface area contributed by atoms with E-state index in [-0.39, 0.29) is 6.04 Å². The summed E-state index contributed by atoms with van der Waals surface area (Å²) in [7, 11) is 1.69. The molecule has 0 amide bonds. The summed E-state index contributed by atoms with van der Waals surface area (Å²) in [4.78, 5) is 8.95. The van der Waals surface area contributed by atoms with Gasteiger partial charge in [0.15, 0.2) is 0 Å². The standard InChI is InChI=1S/C15H21N3OS/c1-9-7-17-14(10(2)15(9)19-4)6-12(16)5-13-8-20-11(3)18-13/h7-8,12H,5-6,16H2,1-4H3. The van der Waals surface area contributed by atoms with Crippen LogP contribution in [-0.4, -0.2) is 23.1 Å². The Morgan fingerprint density at radius 2 is 2.05 bits per heavy atom. The molecule has 0 spiro atoms. The summed E-state index contributed by atoms with van der Waals surface area (Å²) in [5, 5.41) is 3.16. The fourth-order valence-electron chi connectivity index (χ4n) is 2.37. The van der Waals surface area contributed by atoms with Crippen molar-refractivity contribution in [3.05, 3.63) is 39.1 Å². The van der Waals surface area contributed by atoms with Crippen molar-refractivity contribution in [3.8, 4) is 5.75 Å². The Kier molecular flexibility index (Phi) is 4.73. The molecule has 108 valence electrons. The molecule has 5 heteroatoms. The lowest BCUT2D eigenvalue weighted by atomic mass is 10.0. The summed E-state index contributed by atoms with van der Waals surface area (Å²) in [5.41, 5.74) is 10.4. The van der Waals surface area contributed by atoms with Crippen molar-refractivity contribution < 1.29 is 4.74 Å². The van der Waals surface area contributed by atoms with Gasteiger partial charge >= 0.3 is 0 Å². The molecule has 0 aliphatic rings. The molecule has 0 fully saturated rings. The fourth-order valence-corrected chi connectivity index (χ4v) is 2.99. The van der Waals surface area contributed by atoms with Gasteiger partial charge in [-0.05, 0) is 20.8 Å². The number of aromatic nitrogens is 2. The highest BCUT2D eigenvalue weighted by Crippen LogP contribution is 2.24. The zero-order valence-corrected chi connectivity index (χ0v) is 13.3. The number of nitrogens with zero attached hydrogens (tertiary/aromatic N) is 2. The van der Waals surface area contributed by atoms with Crippen LogP contribution in [0.5, 0.6) is 5.75 Å². The first kappa shape index (κ1) is 14.9. The first-order valence-electron chi connectivity index (χ1n) is 6.67. The average molecular weight is 291 g/mol. The molecular formula is C15H21N3OS. The van der Waals surface area contributed by atoms with Crippen LogP contribution in [-0.2, 0) is 12.8 Å². The van der Waals surface area contributed by atoms with Gasteiger partial charge in [-0.1, -0.05) is 0 Å². The number of aryl methyl sites for hydroxylation is 2. The number of nitrogens with two attached hydrogens (primary N) is 1. The van der Waals surface area contributed by atoms with Crippen molar-refractivity contribution >= 4 is 11.3 Å². The van der Waals surface area contributed by atoms with Crippen molar-refractivity contribution in [3.63, 3.8) is 0 Å². The second-order valence-corrected chi connectivity index (χ2v) is 6.13. The first-order valence-corrected chi connectivity index (χ1v) is 7.55. The van der Waals surface area contributed by atoms with Crippen LogP contribution in [0.2, 0.25) is 0 Å². The fraction of sp³-hybridized carbons (Fsp3) is 0.467. The molecule has 0 saturated carbocycles. The van der Waals surface area contributed by atoms with Crippen LogP contribution >= 0.6 is 11.3 Å². The van der Waals surface area contributed by atoms with Gasteiger partial charge in [-0.3, -0.25) is 4.98 Å². The molecule has 2 aromatic heterocycles. The van der Waals surface area contributed by atoms with Crippen LogP contribution in [0.25, 0.3) is 0 Å². The molecule has 0 saturated heterocycles. The van der Waals surface area contributed by atoms with Crippen LogP contribution < -0.4 is 10.5 Å². The Morgan fingerprint density at radius 1 is 1.30 bits per heavy atom. The third-order valence-corrected chi connectivity index (χ3v) is 4.17. The molecular weight excluding hydrogens is 270 g/mol. The smallest absolute Gasteiger partial charge is 0.128 e. The summed E-state index contributed by atoms with van der Waals surface area (Å²) in [6.07, 6.45) is 3.36. The van der Waals surface area contributed by atoms with Crippen molar-refractivity contribution in [2.45, 2.75) is 39.7 Å². The minimum atomic E-state index is 0.0233. The molecule has 20 heavy (non-hydrogen) atoms. The van der Waals surface area contributed by atoms with Crippen LogP contribution in [0, 0.1) is 20.8 Å². The lowest BCUT2D eigenvalue weighted by Crippen LogP contribution is -2.26. The molecule has 1 unspecified atom stereocenters. The number of hydrogen-bond donors (Lipinski definition) is 1. The molecule has 2 aromatic rings. The lowest BCUT2D eigenvalue weighted by molar-refractivity contribution is 0.406. The Morgan fingerprint density at radius 3 is 2.65 bits per heavy atom. The summed E-state index contributed by atoms with van der Waals surface area (Å²) < 4.78 is 5.43. The number of rotatable bonds is 5. The molecule has 0 aliphatic carbocycles. The Balaban J connectivity index is 2.09. The highest BCUT2D eigenvalue weighted by atomic mass is 32.1. The summed E-state index contributed by atoms with van der Waals surface area (Å²) >= 11 is 1.66. The molecule has 1 atom stereocenters. The Labute approximate surface area is 124 Å². The highest BCUT2D eigenvalue weighted by molar-refractivity contribution is 7.09. The maximum absolute atomic E-state index is 6.23. The minimum absolute atomic E-state index is 0.0233. The van der Waals surface area contributed by atoms with Gasteiger partial charge in [-0.25, -0.2) is 4.98 Å². The van der Waals surface area contributed by atoms with Crippen molar-refractivity contribution in [1.29, 1.82) is 0 Å². The van der Waals surface area contributed by atoms with Crippen molar-refractivity contribution in [1.82, 2.24) is 9.97 Å².